The fourth-order valence-electron chi connectivity index (χ4n) is 3.38. The van der Waals surface area contributed by atoms with Crippen LogP contribution in [0.2, 0.25) is 0 Å². The summed E-state index contributed by atoms with van der Waals surface area (Å²) in [6, 6.07) is 9.92. The normalized spacial score (nSPS) is 12.6. The zero-order valence-electron chi connectivity index (χ0n) is 17.2. The van der Waals surface area contributed by atoms with E-state index in [-0.39, 0.29) is 12.0 Å². The number of fused-ring (bicyclic) bond motifs is 1. The van der Waals surface area contributed by atoms with Crippen LogP contribution in [-0.4, -0.2) is 36.7 Å². The number of nitrogens with zero attached hydrogens (tertiary/aromatic N) is 2. The van der Waals surface area contributed by atoms with E-state index in [0.717, 1.165) is 21.8 Å². The number of nitrogens with one attached hydrogen (secondary N) is 1. The molecule has 0 fully saturated rings. The van der Waals surface area contributed by atoms with Crippen LogP contribution < -0.4 is 10.1 Å². The van der Waals surface area contributed by atoms with Crippen molar-refractivity contribution in [2.75, 3.05) is 25.1 Å². The number of nitriles is 1. The molecule has 1 N–H and O–H groups in total. The molecule has 1 aromatic carbocycles. The van der Waals surface area contributed by atoms with Gasteiger partial charge in [-0.25, -0.2) is 4.79 Å². The zero-order chi connectivity index (χ0) is 21.5. The summed E-state index contributed by atoms with van der Waals surface area (Å²) in [7, 11) is 0. The van der Waals surface area contributed by atoms with Crippen molar-refractivity contribution in [3.05, 3.63) is 45.8 Å². The molecule has 30 heavy (non-hydrogen) atoms. The van der Waals surface area contributed by atoms with Crippen LogP contribution in [0, 0.1) is 11.3 Å². The Kier molecular flexibility index (Phi) is 7.31. The van der Waals surface area contributed by atoms with Crippen molar-refractivity contribution >= 4 is 28.3 Å². The summed E-state index contributed by atoms with van der Waals surface area (Å²) in [5.74, 6) is 0.647. The van der Waals surface area contributed by atoms with Gasteiger partial charge in [-0.2, -0.15) is 5.26 Å². The lowest BCUT2D eigenvalue weighted by Gasteiger charge is -2.25. The Morgan fingerprint density at radius 2 is 2.13 bits per heavy atom. The van der Waals surface area contributed by atoms with Crippen molar-refractivity contribution in [1.82, 2.24) is 4.90 Å². The molecule has 158 valence electrons. The number of hydrogen-bond acceptors (Lipinski definition) is 6. The number of ether oxygens (including phenoxy) is 2. The first kappa shape index (κ1) is 21.7. The topological polar surface area (TPSA) is 91.7 Å². The summed E-state index contributed by atoms with van der Waals surface area (Å²) in [5.41, 5.74) is 2.44. The average Bonchev–Trinajstić information content (AvgIpc) is 3.09. The lowest BCUT2D eigenvalue weighted by atomic mass is 10.0. The predicted molar refractivity (Wildman–Crippen MR) is 115 cm³/mol. The highest BCUT2D eigenvalue weighted by molar-refractivity contribution is 7.16. The molecule has 2 heterocycles. The van der Waals surface area contributed by atoms with Gasteiger partial charge >= 0.3 is 6.09 Å². The van der Waals surface area contributed by atoms with Crippen LogP contribution in [0.3, 0.4) is 0 Å². The van der Waals surface area contributed by atoms with E-state index in [1.807, 2.05) is 31.2 Å². The molecule has 0 spiro atoms. The SMILES string of the molecule is CCOC(=O)N1CCc2c(sc(NC(=O)CCc3cccc(OCC)c3)c2C#N)C1. The van der Waals surface area contributed by atoms with Crippen molar-refractivity contribution in [2.24, 2.45) is 0 Å². The third kappa shape index (κ3) is 5.10. The molecule has 2 amide bonds. The first-order valence-corrected chi connectivity index (χ1v) is 10.8. The summed E-state index contributed by atoms with van der Waals surface area (Å²) in [5, 5.41) is 13.1. The molecule has 2 aromatic rings. The van der Waals surface area contributed by atoms with E-state index in [1.165, 1.54) is 11.3 Å². The quantitative estimate of drug-likeness (QED) is 0.718. The first-order valence-electron chi connectivity index (χ1n) is 10.0. The third-order valence-corrected chi connectivity index (χ3v) is 5.93. The molecule has 8 heteroatoms. The van der Waals surface area contributed by atoms with Crippen LogP contribution in [0.5, 0.6) is 5.75 Å². The van der Waals surface area contributed by atoms with E-state index in [0.29, 0.717) is 56.1 Å². The highest BCUT2D eigenvalue weighted by atomic mass is 32.1. The number of amides is 2. The van der Waals surface area contributed by atoms with Gasteiger partial charge in [-0.3, -0.25) is 4.79 Å². The summed E-state index contributed by atoms with van der Waals surface area (Å²) < 4.78 is 10.6. The molecule has 0 unspecified atom stereocenters. The van der Waals surface area contributed by atoms with E-state index >= 15 is 0 Å². The molecule has 0 aliphatic carbocycles. The molecule has 1 aliphatic heterocycles. The predicted octanol–water partition coefficient (Wildman–Crippen LogP) is 4.10. The molecular weight excluding hydrogens is 402 g/mol. The summed E-state index contributed by atoms with van der Waals surface area (Å²) in [4.78, 5) is 27.0. The number of thiophene rings is 1. The monoisotopic (exact) mass is 427 g/mol. The van der Waals surface area contributed by atoms with Crippen molar-refractivity contribution in [2.45, 2.75) is 39.7 Å². The maximum Gasteiger partial charge on any atom is 0.410 e. The van der Waals surface area contributed by atoms with Crippen LogP contribution in [0.4, 0.5) is 9.80 Å². The van der Waals surface area contributed by atoms with Crippen LogP contribution in [-0.2, 0) is 28.9 Å². The third-order valence-electron chi connectivity index (χ3n) is 4.80. The number of anilines is 1. The number of carbonyl (C=O) groups excluding carboxylic acids is 2. The Balaban J connectivity index is 1.64. The van der Waals surface area contributed by atoms with Gasteiger partial charge in [0.25, 0.3) is 0 Å². The molecule has 0 saturated carbocycles. The molecule has 1 aromatic heterocycles. The minimum Gasteiger partial charge on any atom is -0.494 e. The largest absolute Gasteiger partial charge is 0.494 e. The van der Waals surface area contributed by atoms with Gasteiger partial charge in [0.2, 0.25) is 5.91 Å². The van der Waals surface area contributed by atoms with Gasteiger partial charge in [0.1, 0.15) is 16.8 Å². The second-order valence-electron chi connectivity index (χ2n) is 6.82. The van der Waals surface area contributed by atoms with Gasteiger partial charge in [0.05, 0.1) is 25.3 Å². The lowest BCUT2D eigenvalue weighted by Crippen LogP contribution is -2.35. The van der Waals surface area contributed by atoms with E-state index < -0.39 is 0 Å². The van der Waals surface area contributed by atoms with E-state index in [9.17, 15) is 14.9 Å². The minimum atomic E-state index is -0.352. The highest BCUT2D eigenvalue weighted by Gasteiger charge is 2.28. The number of benzene rings is 1. The average molecular weight is 428 g/mol. The standard InChI is InChI=1S/C22H25N3O4S/c1-3-28-16-7-5-6-15(12-16)8-9-20(26)24-21-18(13-23)17-10-11-25(14-19(17)30-21)22(27)29-4-2/h5-7,12H,3-4,8-11,14H2,1-2H3,(H,24,26). The van der Waals surface area contributed by atoms with Crippen LogP contribution in [0.15, 0.2) is 24.3 Å². The number of aryl methyl sites for hydroxylation is 1. The minimum absolute atomic E-state index is 0.144. The number of rotatable bonds is 7. The Labute approximate surface area is 180 Å². The Hall–Kier alpha value is -3.05. The number of hydrogen-bond donors (Lipinski definition) is 1. The Morgan fingerprint density at radius 1 is 1.30 bits per heavy atom. The van der Waals surface area contributed by atoms with Crippen LogP contribution in [0.1, 0.15) is 41.8 Å². The highest BCUT2D eigenvalue weighted by Crippen LogP contribution is 2.37. The fraction of sp³-hybridized carbons (Fsp3) is 0.409. The summed E-state index contributed by atoms with van der Waals surface area (Å²) >= 11 is 1.36. The maximum absolute atomic E-state index is 12.5. The molecule has 0 radical (unpaired) electrons. The second kappa shape index (κ2) is 10.1. The van der Waals surface area contributed by atoms with Gasteiger partial charge in [-0.15, -0.1) is 11.3 Å². The summed E-state index contributed by atoms with van der Waals surface area (Å²) in [6.45, 7) is 5.52. The smallest absolute Gasteiger partial charge is 0.410 e. The van der Waals surface area contributed by atoms with Crippen molar-refractivity contribution in [3.8, 4) is 11.8 Å². The molecule has 7 nitrogen and oxygen atoms in total. The van der Waals surface area contributed by atoms with E-state index in [2.05, 4.69) is 11.4 Å². The van der Waals surface area contributed by atoms with Gasteiger partial charge in [-0.05, 0) is 49.9 Å². The second-order valence-corrected chi connectivity index (χ2v) is 7.92. The van der Waals surface area contributed by atoms with Crippen molar-refractivity contribution in [3.63, 3.8) is 0 Å². The van der Waals surface area contributed by atoms with Crippen LogP contribution >= 0.6 is 11.3 Å². The number of carbonyl (C=O) groups is 2. The molecule has 1 aliphatic rings. The van der Waals surface area contributed by atoms with Gasteiger partial charge < -0.3 is 19.7 Å². The Morgan fingerprint density at radius 3 is 2.87 bits per heavy atom. The molecule has 0 saturated heterocycles. The van der Waals surface area contributed by atoms with Gasteiger partial charge in [0, 0.05) is 17.8 Å². The van der Waals surface area contributed by atoms with E-state index in [4.69, 9.17) is 9.47 Å². The Bertz CT molecular complexity index is 964. The molecular formula is C22H25N3O4S. The first-order chi connectivity index (χ1) is 14.5. The lowest BCUT2D eigenvalue weighted by molar-refractivity contribution is -0.116. The molecule has 0 bridgehead atoms. The molecule has 3 rings (SSSR count). The van der Waals surface area contributed by atoms with Crippen LogP contribution in [0.25, 0.3) is 0 Å². The van der Waals surface area contributed by atoms with Gasteiger partial charge in [0.15, 0.2) is 0 Å². The fourth-order valence-corrected chi connectivity index (χ4v) is 4.61. The van der Waals surface area contributed by atoms with Crippen molar-refractivity contribution in [1.29, 1.82) is 5.26 Å². The summed E-state index contributed by atoms with van der Waals surface area (Å²) in [6.07, 6.45) is 1.11. The zero-order valence-corrected chi connectivity index (χ0v) is 18.0. The maximum atomic E-state index is 12.5. The van der Waals surface area contributed by atoms with E-state index in [1.54, 1.807) is 11.8 Å². The molecule has 0 atom stereocenters. The van der Waals surface area contributed by atoms with Gasteiger partial charge in [-0.1, -0.05) is 12.1 Å². The van der Waals surface area contributed by atoms with Crippen molar-refractivity contribution < 1.29 is 19.1 Å².